The molecule has 18 heavy (non-hydrogen) atoms. The van der Waals surface area contributed by atoms with E-state index in [-0.39, 0.29) is 0 Å². The lowest BCUT2D eigenvalue weighted by molar-refractivity contribution is 0.359. The highest BCUT2D eigenvalue weighted by molar-refractivity contribution is 5.25. The third kappa shape index (κ3) is 3.35. The van der Waals surface area contributed by atoms with Gasteiger partial charge in [-0.3, -0.25) is 0 Å². The normalized spacial score (nSPS) is 25.3. The Morgan fingerprint density at radius 1 is 1.22 bits per heavy atom. The highest BCUT2D eigenvalue weighted by atomic mass is 14.9. The van der Waals surface area contributed by atoms with E-state index in [4.69, 9.17) is 0 Å². The maximum Gasteiger partial charge on any atom is 0.0348 e. The van der Waals surface area contributed by atoms with Gasteiger partial charge in [-0.15, -0.1) is 0 Å². The van der Waals surface area contributed by atoms with Gasteiger partial charge in [0, 0.05) is 6.04 Å². The van der Waals surface area contributed by atoms with Gasteiger partial charge in [0.2, 0.25) is 0 Å². The molecule has 1 fully saturated rings. The number of benzene rings is 1. The van der Waals surface area contributed by atoms with Gasteiger partial charge in [-0.2, -0.15) is 0 Å². The summed E-state index contributed by atoms with van der Waals surface area (Å²) in [5, 5.41) is 3.77. The van der Waals surface area contributed by atoms with Gasteiger partial charge >= 0.3 is 0 Å². The van der Waals surface area contributed by atoms with Crippen molar-refractivity contribution in [2.75, 3.05) is 6.54 Å². The molecule has 1 aliphatic carbocycles. The van der Waals surface area contributed by atoms with Crippen molar-refractivity contribution < 1.29 is 0 Å². The molecule has 1 aromatic carbocycles. The van der Waals surface area contributed by atoms with Crippen LogP contribution >= 0.6 is 0 Å². The quantitative estimate of drug-likeness (QED) is 0.807. The summed E-state index contributed by atoms with van der Waals surface area (Å²) in [5.41, 5.74) is 2.83. The summed E-state index contributed by atoms with van der Waals surface area (Å²) >= 11 is 0. The fraction of sp³-hybridized carbons (Fsp3) is 0.647. The minimum atomic E-state index is 0.565. The van der Waals surface area contributed by atoms with Crippen molar-refractivity contribution >= 4 is 0 Å². The second-order valence-corrected chi connectivity index (χ2v) is 6.02. The molecule has 1 aromatic rings. The standard InChI is InChI=1S/C17H27N/c1-4-11-18-17(16-10-7-14(3)12-16)15-8-5-13(2)6-9-15/h5-6,8-9,14,16-18H,4,7,10-12H2,1-3H3. The number of hydrogen-bond acceptors (Lipinski definition) is 1. The molecule has 0 aliphatic heterocycles. The third-order valence-corrected chi connectivity index (χ3v) is 4.26. The Kier molecular flexibility index (Phi) is 4.82. The fourth-order valence-corrected chi connectivity index (χ4v) is 3.18. The van der Waals surface area contributed by atoms with Gasteiger partial charge in [0.15, 0.2) is 0 Å². The van der Waals surface area contributed by atoms with Crippen molar-refractivity contribution in [2.24, 2.45) is 11.8 Å². The van der Waals surface area contributed by atoms with Crippen LogP contribution in [0.4, 0.5) is 0 Å². The average molecular weight is 245 g/mol. The highest BCUT2D eigenvalue weighted by Crippen LogP contribution is 2.38. The summed E-state index contributed by atoms with van der Waals surface area (Å²) in [7, 11) is 0. The number of rotatable bonds is 5. The molecule has 1 saturated carbocycles. The maximum absolute atomic E-state index is 3.77. The zero-order chi connectivity index (χ0) is 13.0. The predicted molar refractivity (Wildman–Crippen MR) is 78.7 cm³/mol. The summed E-state index contributed by atoms with van der Waals surface area (Å²) in [6, 6.07) is 9.68. The van der Waals surface area contributed by atoms with Crippen LogP contribution in [-0.4, -0.2) is 6.54 Å². The van der Waals surface area contributed by atoms with Gasteiger partial charge < -0.3 is 5.32 Å². The monoisotopic (exact) mass is 245 g/mol. The summed E-state index contributed by atoms with van der Waals surface area (Å²) in [5.74, 6) is 1.74. The van der Waals surface area contributed by atoms with E-state index in [0.29, 0.717) is 6.04 Å². The van der Waals surface area contributed by atoms with Crippen LogP contribution in [0.25, 0.3) is 0 Å². The van der Waals surface area contributed by atoms with E-state index in [1.165, 1.54) is 36.8 Å². The van der Waals surface area contributed by atoms with Crippen LogP contribution in [0.15, 0.2) is 24.3 Å². The van der Waals surface area contributed by atoms with Crippen molar-refractivity contribution in [1.82, 2.24) is 5.32 Å². The van der Waals surface area contributed by atoms with Crippen molar-refractivity contribution in [3.8, 4) is 0 Å². The molecule has 2 rings (SSSR count). The Morgan fingerprint density at radius 3 is 2.50 bits per heavy atom. The second-order valence-electron chi connectivity index (χ2n) is 6.02. The van der Waals surface area contributed by atoms with E-state index in [0.717, 1.165) is 18.4 Å². The number of aryl methyl sites for hydroxylation is 1. The Bertz CT molecular complexity index is 354. The van der Waals surface area contributed by atoms with Crippen LogP contribution in [0, 0.1) is 18.8 Å². The van der Waals surface area contributed by atoms with Gasteiger partial charge in [0.25, 0.3) is 0 Å². The van der Waals surface area contributed by atoms with E-state index in [9.17, 15) is 0 Å². The van der Waals surface area contributed by atoms with Crippen molar-refractivity contribution in [3.05, 3.63) is 35.4 Å². The van der Waals surface area contributed by atoms with Crippen molar-refractivity contribution in [3.63, 3.8) is 0 Å². The topological polar surface area (TPSA) is 12.0 Å². The minimum absolute atomic E-state index is 0.565. The largest absolute Gasteiger partial charge is 0.310 e. The first kappa shape index (κ1) is 13.6. The van der Waals surface area contributed by atoms with E-state index in [1.807, 2.05) is 0 Å². The molecule has 0 amide bonds. The highest BCUT2D eigenvalue weighted by Gasteiger charge is 2.29. The van der Waals surface area contributed by atoms with Crippen LogP contribution < -0.4 is 5.32 Å². The van der Waals surface area contributed by atoms with Gasteiger partial charge in [-0.25, -0.2) is 0 Å². The average Bonchev–Trinajstić information content (AvgIpc) is 2.78. The SMILES string of the molecule is CCCNC(c1ccc(C)cc1)C1CCC(C)C1. The van der Waals surface area contributed by atoms with Crippen LogP contribution in [0.2, 0.25) is 0 Å². The lowest BCUT2D eigenvalue weighted by Gasteiger charge is -2.25. The molecule has 3 atom stereocenters. The molecule has 0 spiro atoms. The molecule has 0 radical (unpaired) electrons. The summed E-state index contributed by atoms with van der Waals surface area (Å²) < 4.78 is 0. The molecule has 100 valence electrons. The van der Waals surface area contributed by atoms with Crippen LogP contribution in [0.1, 0.15) is 56.7 Å². The zero-order valence-corrected chi connectivity index (χ0v) is 12.1. The smallest absolute Gasteiger partial charge is 0.0348 e. The maximum atomic E-state index is 3.77. The second kappa shape index (κ2) is 6.38. The summed E-state index contributed by atoms with van der Waals surface area (Å²) in [4.78, 5) is 0. The van der Waals surface area contributed by atoms with E-state index in [2.05, 4.69) is 50.4 Å². The predicted octanol–water partition coefficient (Wildman–Crippen LogP) is 4.47. The molecule has 1 heteroatoms. The zero-order valence-electron chi connectivity index (χ0n) is 12.1. The molecule has 3 unspecified atom stereocenters. The van der Waals surface area contributed by atoms with Crippen LogP contribution in [0.5, 0.6) is 0 Å². The summed E-state index contributed by atoms with van der Waals surface area (Å²) in [6.07, 6.45) is 5.39. The molecule has 0 saturated heterocycles. The Balaban J connectivity index is 2.11. The minimum Gasteiger partial charge on any atom is -0.310 e. The number of hydrogen-bond donors (Lipinski definition) is 1. The number of nitrogens with one attached hydrogen (secondary N) is 1. The van der Waals surface area contributed by atoms with Crippen LogP contribution in [-0.2, 0) is 0 Å². The molecule has 0 bridgehead atoms. The first-order valence-corrected chi connectivity index (χ1v) is 7.50. The lowest BCUT2D eigenvalue weighted by atomic mass is 9.90. The lowest BCUT2D eigenvalue weighted by Crippen LogP contribution is -2.28. The summed E-state index contributed by atoms with van der Waals surface area (Å²) in [6.45, 7) is 7.93. The molecule has 1 N–H and O–H groups in total. The Labute approximate surface area is 112 Å². The first-order valence-electron chi connectivity index (χ1n) is 7.50. The fourth-order valence-electron chi connectivity index (χ4n) is 3.18. The molecular formula is C17H27N. The van der Waals surface area contributed by atoms with Gasteiger partial charge in [0.05, 0.1) is 0 Å². The van der Waals surface area contributed by atoms with Crippen molar-refractivity contribution in [2.45, 2.75) is 52.5 Å². The molecule has 1 nitrogen and oxygen atoms in total. The van der Waals surface area contributed by atoms with Gasteiger partial charge in [-0.1, -0.05) is 50.1 Å². The van der Waals surface area contributed by atoms with Crippen LogP contribution in [0.3, 0.4) is 0 Å². The van der Waals surface area contributed by atoms with Gasteiger partial charge in [-0.05, 0) is 50.1 Å². The molecule has 1 aliphatic rings. The van der Waals surface area contributed by atoms with E-state index >= 15 is 0 Å². The Morgan fingerprint density at radius 2 is 1.94 bits per heavy atom. The van der Waals surface area contributed by atoms with Crippen molar-refractivity contribution in [1.29, 1.82) is 0 Å². The van der Waals surface area contributed by atoms with Gasteiger partial charge in [0.1, 0.15) is 0 Å². The van der Waals surface area contributed by atoms with E-state index < -0.39 is 0 Å². The Hall–Kier alpha value is -0.820. The first-order chi connectivity index (χ1) is 8.70. The van der Waals surface area contributed by atoms with E-state index in [1.54, 1.807) is 0 Å². The molecule has 0 aromatic heterocycles. The third-order valence-electron chi connectivity index (χ3n) is 4.26. The molecular weight excluding hydrogens is 218 g/mol. The molecule has 0 heterocycles.